The minimum atomic E-state index is 0.339. The Morgan fingerprint density at radius 3 is 1.59 bits per heavy atom. The molecule has 0 unspecified atom stereocenters. The van der Waals surface area contributed by atoms with Gasteiger partial charge in [-0.1, -0.05) is 148 Å². The molecule has 3 N–H and O–H groups in total. The summed E-state index contributed by atoms with van der Waals surface area (Å²) in [4.78, 5) is 0. The van der Waals surface area contributed by atoms with Crippen LogP contribution in [0.25, 0.3) is 11.1 Å². The molecule has 3 heteroatoms. The van der Waals surface area contributed by atoms with Crippen LogP contribution in [-0.4, -0.2) is 16.8 Å². The normalized spacial score (nSPS) is 11.3. The average molecular weight is 632 g/mol. The Balaban J connectivity index is 1.99. The molecule has 2 aromatic carbocycles. The van der Waals surface area contributed by atoms with Gasteiger partial charge in [-0.2, -0.15) is 0 Å². The van der Waals surface area contributed by atoms with Gasteiger partial charge >= 0.3 is 0 Å². The highest BCUT2D eigenvalue weighted by Crippen LogP contribution is 2.38. The standard InChI is InChI=1S/C43H69NO2/c1-5-9-11-13-15-17-18-19-21-23-25-29-38-31-36(27-7-3)32-41(43(38)46)39-33-37(28-8-4)42(45)40(34-39)35-44-30-26-24-22-20-16-14-12-10-6-2/h7-8,31-34,44-46H,3-6,9-30,35H2,1-2H3. The summed E-state index contributed by atoms with van der Waals surface area (Å²) < 4.78 is 0. The molecule has 258 valence electrons. The molecule has 0 aromatic heterocycles. The number of hydrogen-bond acceptors (Lipinski definition) is 3. The monoisotopic (exact) mass is 632 g/mol. The van der Waals surface area contributed by atoms with Crippen LogP contribution in [-0.2, 0) is 25.8 Å². The highest BCUT2D eigenvalue weighted by atomic mass is 16.3. The SMILES string of the molecule is C=CCc1cc(CCCCCCCCCCCCC)c(O)c(-c2cc(CC=C)c(O)c(CNCCCCCCCCCCC)c2)c1. The van der Waals surface area contributed by atoms with E-state index in [0.717, 1.165) is 60.0 Å². The lowest BCUT2D eigenvalue weighted by Gasteiger charge is -2.17. The Morgan fingerprint density at radius 1 is 0.543 bits per heavy atom. The summed E-state index contributed by atoms with van der Waals surface area (Å²) in [6.45, 7) is 14.0. The molecule has 46 heavy (non-hydrogen) atoms. The maximum Gasteiger partial charge on any atom is 0.126 e. The van der Waals surface area contributed by atoms with Crippen LogP contribution < -0.4 is 5.32 Å². The van der Waals surface area contributed by atoms with Crippen LogP contribution in [0.2, 0.25) is 0 Å². The van der Waals surface area contributed by atoms with E-state index < -0.39 is 0 Å². The third-order valence-electron chi connectivity index (χ3n) is 9.39. The van der Waals surface area contributed by atoms with Crippen molar-refractivity contribution >= 4 is 0 Å². The molecule has 2 aromatic rings. The topological polar surface area (TPSA) is 52.5 Å². The molecule has 0 aliphatic rings. The first-order valence-electron chi connectivity index (χ1n) is 19.2. The molecular formula is C43H69NO2. The molecule has 0 saturated heterocycles. The first kappa shape index (κ1) is 39.7. The van der Waals surface area contributed by atoms with Gasteiger partial charge in [0.2, 0.25) is 0 Å². The Hall–Kier alpha value is -2.52. The second kappa shape index (κ2) is 25.6. The maximum absolute atomic E-state index is 11.5. The van der Waals surface area contributed by atoms with Crippen LogP contribution >= 0.6 is 0 Å². The van der Waals surface area contributed by atoms with Crippen LogP contribution in [0.1, 0.15) is 165 Å². The van der Waals surface area contributed by atoms with E-state index in [1.54, 1.807) is 0 Å². The number of benzene rings is 2. The molecule has 2 rings (SSSR count). The zero-order valence-electron chi connectivity index (χ0n) is 30.0. The number of rotatable bonds is 29. The molecule has 0 aliphatic heterocycles. The van der Waals surface area contributed by atoms with E-state index in [9.17, 15) is 10.2 Å². The van der Waals surface area contributed by atoms with Crippen molar-refractivity contribution < 1.29 is 10.2 Å². The van der Waals surface area contributed by atoms with Gasteiger partial charge in [0, 0.05) is 17.7 Å². The zero-order chi connectivity index (χ0) is 33.2. The lowest BCUT2D eigenvalue weighted by molar-refractivity contribution is 0.457. The van der Waals surface area contributed by atoms with Gasteiger partial charge in [-0.3, -0.25) is 0 Å². The molecule has 0 atom stereocenters. The van der Waals surface area contributed by atoms with Gasteiger partial charge in [-0.05, 0) is 79.1 Å². The van der Waals surface area contributed by atoms with Crippen LogP contribution in [0.4, 0.5) is 0 Å². The minimum absolute atomic E-state index is 0.339. The predicted molar refractivity (Wildman–Crippen MR) is 202 cm³/mol. The van der Waals surface area contributed by atoms with Crippen molar-refractivity contribution in [2.45, 2.75) is 168 Å². The number of phenols is 2. The zero-order valence-corrected chi connectivity index (χ0v) is 30.0. The van der Waals surface area contributed by atoms with Gasteiger partial charge in [0.05, 0.1) is 0 Å². The third-order valence-corrected chi connectivity index (χ3v) is 9.39. The van der Waals surface area contributed by atoms with Crippen molar-refractivity contribution in [3.63, 3.8) is 0 Å². The number of phenolic OH excluding ortho intramolecular Hbond substituents is 2. The summed E-state index contributed by atoms with van der Waals surface area (Å²) >= 11 is 0. The Bertz CT molecular complexity index is 1100. The van der Waals surface area contributed by atoms with Crippen molar-refractivity contribution in [2.24, 2.45) is 0 Å². The lowest BCUT2D eigenvalue weighted by atomic mass is 9.91. The van der Waals surface area contributed by atoms with Crippen LogP contribution in [0.3, 0.4) is 0 Å². The summed E-state index contributed by atoms with van der Waals surface area (Å²) in [5.74, 6) is 0.717. The van der Waals surface area contributed by atoms with Crippen LogP contribution in [0.5, 0.6) is 11.5 Å². The molecule has 0 amide bonds. The van der Waals surface area contributed by atoms with Gasteiger partial charge in [0.1, 0.15) is 11.5 Å². The highest BCUT2D eigenvalue weighted by Gasteiger charge is 2.16. The number of unbranched alkanes of at least 4 members (excludes halogenated alkanes) is 18. The number of allylic oxidation sites excluding steroid dienone is 2. The van der Waals surface area contributed by atoms with Gasteiger partial charge in [0.25, 0.3) is 0 Å². The summed E-state index contributed by atoms with van der Waals surface area (Å²) in [6.07, 6.45) is 32.3. The van der Waals surface area contributed by atoms with Gasteiger partial charge in [-0.15, -0.1) is 13.2 Å². The van der Waals surface area contributed by atoms with Crippen LogP contribution in [0, 0.1) is 0 Å². The Labute approximate surface area is 284 Å². The van der Waals surface area contributed by atoms with Crippen LogP contribution in [0.15, 0.2) is 49.6 Å². The molecule has 0 saturated carbocycles. The first-order valence-corrected chi connectivity index (χ1v) is 19.2. The molecule has 0 fully saturated rings. The van der Waals surface area contributed by atoms with Crippen molar-refractivity contribution in [2.75, 3.05) is 6.54 Å². The van der Waals surface area contributed by atoms with Gasteiger partial charge in [-0.25, -0.2) is 0 Å². The number of nitrogens with one attached hydrogen (secondary N) is 1. The molecular weight excluding hydrogens is 562 g/mol. The second-order valence-corrected chi connectivity index (χ2v) is 13.6. The molecule has 0 bridgehead atoms. The van der Waals surface area contributed by atoms with E-state index in [4.69, 9.17) is 0 Å². The van der Waals surface area contributed by atoms with Gasteiger partial charge in [0.15, 0.2) is 0 Å². The van der Waals surface area contributed by atoms with E-state index in [1.807, 2.05) is 18.2 Å². The van der Waals surface area contributed by atoms with Crippen molar-refractivity contribution in [1.82, 2.24) is 5.32 Å². The summed E-state index contributed by atoms with van der Waals surface area (Å²) in [7, 11) is 0. The fourth-order valence-corrected chi connectivity index (χ4v) is 6.58. The largest absolute Gasteiger partial charge is 0.507 e. The number of hydrogen-bond donors (Lipinski definition) is 3. The fourth-order valence-electron chi connectivity index (χ4n) is 6.58. The van der Waals surface area contributed by atoms with E-state index in [-0.39, 0.29) is 0 Å². The fraction of sp³-hybridized carbons (Fsp3) is 0.628. The maximum atomic E-state index is 11.5. The van der Waals surface area contributed by atoms with E-state index in [0.29, 0.717) is 24.5 Å². The summed E-state index contributed by atoms with van der Waals surface area (Å²) in [6, 6.07) is 8.35. The summed E-state index contributed by atoms with van der Waals surface area (Å²) in [5.41, 5.74) is 5.73. The smallest absolute Gasteiger partial charge is 0.126 e. The van der Waals surface area contributed by atoms with Crippen molar-refractivity contribution in [1.29, 1.82) is 0 Å². The molecule has 0 radical (unpaired) electrons. The quantitative estimate of drug-likeness (QED) is 0.0618. The minimum Gasteiger partial charge on any atom is -0.507 e. The van der Waals surface area contributed by atoms with E-state index in [1.165, 1.54) is 121 Å². The lowest BCUT2D eigenvalue weighted by Crippen LogP contribution is -2.15. The Kier molecular flexibility index (Phi) is 22.0. The first-order chi connectivity index (χ1) is 22.5. The summed E-state index contributed by atoms with van der Waals surface area (Å²) in [5, 5.41) is 26.2. The molecule has 0 heterocycles. The second-order valence-electron chi connectivity index (χ2n) is 13.6. The van der Waals surface area contributed by atoms with Gasteiger partial charge < -0.3 is 15.5 Å². The molecule has 0 spiro atoms. The van der Waals surface area contributed by atoms with E-state index >= 15 is 0 Å². The molecule has 0 aliphatic carbocycles. The third kappa shape index (κ3) is 15.9. The van der Waals surface area contributed by atoms with Crippen molar-refractivity contribution in [3.8, 4) is 22.6 Å². The van der Waals surface area contributed by atoms with E-state index in [2.05, 4.69) is 50.5 Å². The predicted octanol–water partition coefficient (Wildman–Crippen LogP) is 12.7. The molecule has 3 nitrogen and oxygen atoms in total. The van der Waals surface area contributed by atoms with Crippen molar-refractivity contribution in [3.05, 3.63) is 71.8 Å². The number of aromatic hydroxyl groups is 2. The number of aryl methyl sites for hydroxylation is 1. The average Bonchev–Trinajstić information content (AvgIpc) is 3.05. The Morgan fingerprint density at radius 2 is 1.04 bits per heavy atom. The highest BCUT2D eigenvalue weighted by molar-refractivity contribution is 5.75.